The minimum atomic E-state index is -0.796. The number of ether oxygens (including phenoxy) is 6. The van der Waals surface area contributed by atoms with Crippen molar-refractivity contribution in [1.82, 2.24) is 16.1 Å². The third-order valence-corrected chi connectivity index (χ3v) is 7.11. The predicted octanol–water partition coefficient (Wildman–Crippen LogP) is 4.18. The number of rotatable bonds is 15. The van der Waals surface area contributed by atoms with Gasteiger partial charge in [-0.15, -0.1) is 0 Å². The van der Waals surface area contributed by atoms with E-state index in [1.165, 1.54) is 20.4 Å². The molecule has 0 aromatic heterocycles. The van der Waals surface area contributed by atoms with Crippen LogP contribution in [0.3, 0.4) is 0 Å². The van der Waals surface area contributed by atoms with Gasteiger partial charge in [0.05, 0.1) is 50.8 Å². The van der Waals surface area contributed by atoms with Crippen LogP contribution in [0.15, 0.2) is 77.0 Å². The predicted molar refractivity (Wildman–Crippen MR) is 178 cm³/mol. The van der Waals surface area contributed by atoms with Gasteiger partial charge in [-0.25, -0.2) is 19.8 Å². The van der Waals surface area contributed by atoms with E-state index in [1.807, 2.05) is 0 Å². The maximum Gasteiger partial charge on any atom is 0.338 e. The van der Waals surface area contributed by atoms with Crippen molar-refractivity contribution in [2.24, 2.45) is 5.10 Å². The average molecular weight is 675 g/mol. The van der Waals surface area contributed by atoms with E-state index in [9.17, 15) is 19.2 Å². The van der Waals surface area contributed by atoms with Crippen LogP contribution in [0.2, 0.25) is 0 Å². The summed E-state index contributed by atoms with van der Waals surface area (Å²) in [5, 5.41) is 9.37. The van der Waals surface area contributed by atoms with Crippen LogP contribution in [-0.2, 0) is 25.7 Å². The first kappa shape index (κ1) is 35.8. The van der Waals surface area contributed by atoms with Crippen molar-refractivity contribution in [3.8, 4) is 23.0 Å². The molecule has 0 spiro atoms. The first-order valence-electron chi connectivity index (χ1n) is 15.3. The lowest BCUT2D eigenvalue weighted by molar-refractivity contribution is -0.139. The fraction of sp³-hybridized carbons (Fsp3) is 0.286. The van der Waals surface area contributed by atoms with Gasteiger partial charge in [0.1, 0.15) is 6.61 Å². The van der Waals surface area contributed by atoms with Crippen molar-refractivity contribution in [2.45, 2.75) is 33.4 Å². The van der Waals surface area contributed by atoms with E-state index in [1.54, 1.807) is 81.4 Å². The zero-order chi connectivity index (χ0) is 35.3. The van der Waals surface area contributed by atoms with Gasteiger partial charge in [-0.05, 0) is 68.3 Å². The van der Waals surface area contributed by atoms with Gasteiger partial charge in [-0.2, -0.15) is 5.10 Å². The number of benzene rings is 3. The number of hydrazone groups is 1. The van der Waals surface area contributed by atoms with Gasteiger partial charge in [-0.3, -0.25) is 4.79 Å². The highest BCUT2D eigenvalue weighted by atomic mass is 16.5. The standard InChI is InChI=1S/C35H38N4O10/c1-6-46-33(41)23-13-11-22(12-14-23)19-49-32-25(9-8-10-27(32)44-4)18-36-39-29(40)20-48-26-16-15-24(17-28(26)45-5)31-30(34(42)47-7-2)21(3)37-35(43)38-31/h8-18,31H,6-7,19-20H2,1-5H3,(H,39,40)(H2,37,38,43)/b36-18+/t31-/m0/s1. The molecule has 14 heteroatoms. The number of nitrogens with one attached hydrogen (secondary N) is 3. The second-order valence-electron chi connectivity index (χ2n) is 10.4. The zero-order valence-corrected chi connectivity index (χ0v) is 27.8. The molecule has 0 radical (unpaired) electrons. The molecule has 3 aromatic carbocycles. The number of esters is 2. The van der Waals surface area contributed by atoms with Crippen molar-refractivity contribution < 1.29 is 47.6 Å². The van der Waals surface area contributed by atoms with Gasteiger partial charge in [0.2, 0.25) is 0 Å². The van der Waals surface area contributed by atoms with Crippen LogP contribution in [-0.4, -0.2) is 64.1 Å². The quantitative estimate of drug-likeness (QED) is 0.121. The van der Waals surface area contributed by atoms with Crippen molar-refractivity contribution in [2.75, 3.05) is 34.0 Å². The van der Waals surface area contributed by atoms with E-state index < -0.39 is 36.5 Å². The Morgan fingerprint density at radius 3 is 2.29 bits per heavy atom. The normalized spacial score (nSPS) is 14.0. The summed E-state index contributed by atoms with van der Waals surface area (Å²) in [5.74, 6) is -0.128. The lowest BCUT2D eigenvalue weighted by Crippen LogP contribution is -2.45. The summed E-state index contributed by atoms with van der Waals surface area (Å²) >= 11 is 0. The van der Waals surface area contributed by atoms with E-state index in [4.69, 9.17) is 28.4 Å². The Morgan fingerprint density at radius 2 is 1.59 bits per heavy atom. The third kappa shape index (κ3) is 9.28. The molecule has 0 bridgehead atoms. The molecule has 1 aliphatic heterocycles. The molecule has 0 unspecified atom stereocenters. The lowest BCUT2D eigenvalue weighted by Gasteiger charge is -2.28. The largest absolute Gasteiger partial charge is 0.493 e. The molecule has 3 N–H and O–H groups in total. The fourth-order valence-electron chi connectivity index (χ4n) is 4.81. The molecule has 0 saturated heterocycles. The maximum atomic E-state index is 12.7. The molecule has 1 atom stereocenters. The topological polar surface area (TPSA) is 172 Å². The van der Waals surface area contributed by atoms with E-state index in [-0.39, 0.29) is 30.3 Å². The van der Waals surface area contributed by atoms with Crippen LogP contribution < -0.4 is 35.0 Å². The molecular formula is C35H38N4O10. The molecule has 0 saturated carbocycles. The van der Waals surface area contributed by atoms with Crippen molar-refractivity contribution >= 4 is 30.1 Å². The monoisotopic (exact) mass is 674 g/mol. The summed E-state index contributed by atoms with van der Waals surface area (Å²) in [6, 6.07) is 15.6. The minimum Gasteiger partial charge on any atom is -0.493 e. The summed E-state index contributed by atoms with van der Waals surface area (Å²) in [6.07, 6.45) is 1.42. The number of urea groups is 1. The number of hydrogen-bond donors (Lipinski definition) is 3. The Bertz CT molecular complexity index is 1740. The first-order valence-corrected chi connectivity index (χ1v) is 15.3. The molecule has 1 heterocycles. The summed E-state index contributed by atoms with van der Waals surface area (Å²) in [5.41, 5.74) is 5.38. The molecular weight excluding hydrogens is 636 g/mol. The Balaban J connectivity index is 1.39. The number of nitrogens with zero attached hydrogens (tertiary/aromatic N) is 1. The molecule has 49 heavy (non-hydrogen) atoms. The zero-order valence-electron chi connectivity index (χ0n) is 27.8. The third-order valence-electron chi connectivity index (χ3n) is 7.11. The number of carbonyl (C=O) groups is 4. The van der Waals surface area contributed by atoms with Crippen molar-refractivity contribution in [3.05, 3.63) is 94.2 Å². The first-order chi connectivity index (χ1) is 23.7. The molecule has 3 amide bonds. The Labute approximate surface area is 283 Å². The van der Waals surface area contributed by atoms with E-state index in [0.29, 0.717) is 40.5 Å². The molecule has 258 valence electrons. The molecule has 3 aromatic rings. The second-order valence-corrected chi connectivity index (χ2v) is 10.4. The highest BCUT2D eigenvalue weighted by molar-refractivity contribution is 5.95. The van der Waals surface area contributed by atoms with Gasteiger partial charge in [0, 0.05) is 11.3 Å². The van der Waals surface area contributed by atoms with Gasteiger partial charge < -0.3 is 39.1 Å². The molecule has 0 aliphatic carbocycles. The van der Waals surface area contributed by atoms with Crippen LogP contribution >= 0.6 is 0 Å². The van der Waals surface area contributed by atoms with E-state index >= 15 is 0 Å². The number of methoxy groups -OCH3 is 2. The van der Waals surface area contributed by atoms with Gasteiger partial charge in [0.15, 0.2) is 29.6 Å². The van der Waals surface area contributed by atoms with Gasteiger partial charge >= 0.3 is 18.0 Å². The van der Waals surface area contributed by atoms with Gasteiger partial charge in [0.25, 0.3) is 5.91 Å². The van der Waals surface area contributed by atoms with Crippen molar-refractivity contribution in [3.63, 3.8) is 0 Å². The van der Waals surface area contributed by atoms with Crippen molar-refractivity contribution in [1.29, 1.82) is 0 Å². The van der Waals surface area contributed by atoms with Crippen LogP contribution in [0, 0.1) is 0 Å². The highest BCUT2D eigenvalue weighted by Gasteiger charge is 2.32. The number of allylic oxidation sites excluding steroid dienone is 1. The van der Waals surface area contributed by atoms with Crippen LogP contribution in [0.1, 0.15) is 53.9 Å². The SMILES string of the molecule is CCOC(=O)C1=C(C)NC(=O)N[C@H]1c1ccc(OCC(=O)N/N=C/c2cccc(OC)c2OCc2ccc(C(=O)OCC)cc2)c(OC)c1. The summed E-state index contributed by atoms with van der Waals surface area (Å²) in [4.78, 5) is 49.4. The van der Waals surface area contributed by atoms with Crippen LogP contribution in [0.4, 0.5) is 4.79 Å². The number of amides is 3. The second kappa shape index (κ2) is 17.2. The lowest BCUT2D eigenvalue weighted by atomic mass is 9.95. The summed E-state index contributed by atoms with van der Waals surface area (Å²) < 4.78 is 32.9. The van der Waals surface area contributed by atoms with E-state index in [0.717, 1.165) is 5.56 Å². The molecule has 4 rings (SSSR count). The molecule has 0 fully saturated rings. The Kier molecular flexibility index (Phi) is 12.6. The molecule has 1 aliphatic rings. The van der Waals surface area contributed by atoms with Gasteiger partial charge in [-0.1, -0.05) is 24.3 Å². The number of hydrogen-bond acceptors (Lipinski definition) is 11. The molecule has 14 nitrogen and oxygen atoms in total. The van der Waals surface area contributed by atoms with Crippen LogP contribution in [0.25, 0.3) is 0 Å². The smallest absolute Gasteiger partial charge is 0.338 e. The Hall–Kier alpha value is -6.05. The minimum absolute atomic E-state index is 0.169. The highest BCUT2D eigenvalue weighted by Crippen LogP contribution is 2.35. The number of para-hydroxylation sites is 1. The Morgan fingerprint density at radius 1 is 0.878 bits per heavy atom. The fourth-order valence-corrected chi connectivity index (χ4v) is 4.81. The number of carbonyl (C=O) groups excluding carboxylic acids is 4. The average Bonchev–Trinajstić information content (AvgIpc) is 3.10. The summed E-state index contributed by atoms with van der Waals surface area (Å²) in [7, 11) is 2.94. The van der Waals surface area contributed by atoms with E-state index in [2.05, 4.69) is 21.2 Å². The van der Waals surface area contributed by atoms with Crippen LogP contribution in [0.5, 0.6) is 23.0 Å². The maximum absolute atomic E-state index is 12.7. The summed E-state index contributed by atoms with van der Waals surface area (Å²) in [6.45, 7) is 5.30.